The summed E-state index contributed by atoms with van der Waals surface area (Å²) < 4.78 is 0. The Balaban J connectivity index is 2.03. The summed E-state index contributed by atoms with van der Waals surface area (Å²) in [6.45, 7) is 4.34. The Hall–Kier alpha value is -2.80. The molecule has 2 aromatic rings. The van der Waals surface area contributed by atoms with Crippen LogP contribution in [0.15, 0.2) is 52.5 Å². The summed E-state index contributed by atoms with van der Waals surface area (Å²) in [7, 11) is 0. The summed E-state index contributed by atoms with van der Waals surface area (Å²) in [4.78, 5) is 24.7. The maximum atomic E-state index is 12.3. The number of fused-ring (bicyclic) bond motifs is 1. The topological polar surface area (TPSA) is 73.8 Å². The van der Waals surface area contributed by atoms with Crippen molar-refractivity contribution in [1.29, 1.82) is 0 Å². The summed E-state index contributed by atoms with van der Waals surface area (Å²) in [6, 6.07) is 13.5. The fraction of sp³-hybridized carbons (Fsp3) is 0.250. The van der Waals surface area contributed by atoms with E-state index in [1.165, 1.54) is 11.9 Å². The van der Waals surface area contributed by atoms with E-state index in [-0.39, 0.29) is 11.9 Å². The number of urea groups is 1. The lowest BCUT2D eigenvalue weighted by Crippen LogP contribution is -2.39. The van der Waals surface area contributed by atoms with Crippen molar-refractivity contribution in [2.45, 2.75) is 25.3 Å². The van der Waals surface area contributed by atoms with Crippen molar-refractivity contribution < 1.29 is 9.59 Å². The molecule has 27 heavy (non-hydrogen) atoms. The van der Waals surface area contributed by atoms with E-state index >= 15 is 0 Å². The van der Waals surface area contributed by atoms with Crippen LogP contribution < -0.4 is 10.6 Å². The maximum Gasteiger partial charge on any atom is 0.338 e. The van der Waals surface area contributed by atoms with Crippen LogP contribution in [0.2, 0.25) is 0 Å². The monoisotopic (exact) mass is 382 g/mol. The number of carbonyl (C=O) groups is 2. The van der Waals surface area contributed by atoms with Crippen LogP contribution in [-0.4, -0.2) is 35.5 Å². The van der Waals surface area contributed by atoms with Gasteiger partial charge >= 0.3 is 6.03 Å². The van der Waals surface area contributed by atoms with E-state index in [1.54, 1.807) is 11.8 Å². The van der Waals surface area contributed by atoms with Gasteiger partial charge in [-0.2, -0.15) is 5.10 Å². The normalized spacial score (nSPS) is 12.9. The minimum atomic E-state index is -0.218. The van der Waals surface area contributed by atoms with Crippen LogP contribution >= 0.6 is 11.8 Å². The van der Waals surface area contributed by atoms with Crippen LogP contribution in [0.4, 0.5) is 10.5 Å². The zero-order valence-corrected chi connectivity index (χ0v) is 16.4. The number of hydrogen-bond donors (Lipinski definition) is 2. The number of anilines is 1. The molecule has 6 nitrogen and oxygen atoms in total. The molecule has 0 radical (unpaired) electrons. The fourth-order valence-corrected chi connectivity index (χ4v) is 3.34. The molecule has 1 aliphatic rings. The Bertz CT molecular complexity index is 893. The van der Waals surface area contributed by atoms with Gasteiger partial charge in [0.1, 0.15) is 0 Å². The van der Waals surface area contributed by atoms with Crippen LogP contribution in [0.25, 0.3) is 0 Å². The van der Waals surface area contributed by atoms with Gasteiger partial charge < -0.3 is 10.6 Å². The summed E-state index contributed by atoms with van der Waals surface area (Å²) in [5.41, 5.74) is 4.43. The van der Waals surface area contributed by atoms with E-state index in [9.17, 15) is 9.59 Å². The molecule has 7 heteroatoms. The zero-order valence-electron chi connectivity index (χ0n) is 15.6. The van der Waals surface area contributed by atoms with Crippen molar-refractivity contribution in [2.75, 3.05) is 18.1 Å². The first-order valence-electron chi connectivity index (χ1n) is 8.71. The Morgan fingerprint density at radius 2 is 1.93 bits per heavy atom. The van der Waals surface area contributed by atoms with Gasteiger partial charge in [-0.1, -0.05) is 18.2 Å². The molecule has 0 aromatic heterocycles. The van der Waals surface area contributed by atoms with Gasteiger partial charge in [0.15, 0.2) is 0 Å². The van der Waals surface area contributed by atoms with Crippen LogP contribution in [0.1, 0.15) is 30.5 Å². The second kappa shape index (κ2) is 8.26. The molecular weight excluding hydrogens is 360 g/mol. The van der Waals surface area contributed by atoms with Crippen LogP contribution in [0.5, 0.6) is 0 Å². The van der Waals surface area contributed by atoms with Crippen molar-refractivity contribution in [3.8, 4) is 0 Å². The van der Waals surface area contributed by atoms with E-state index in [2.05, 4.69) is 27.9 Å². The van der Waals surface area contributed by atoms with Crippen molar-refractivity contribution in [2.24, 2.45) is 5.10 Å². The Labute approximate surface area is 163 Å². The lowest BCUT2D eigenvalue weighted by Gasteiger charge is -2.26. The van der Waals surface area contributed by atoms with Crippen LogP contribution in [0, 0.1) is 0 Å². The minimum absolute atomic E-state index is 0.116. The average Bonchev–Trinajstić information content (AvgIpc) is 2.67. The first-order chi connectivity index (χ1) is 13.0. The van der Waals surface area contributed by atoms with E-state index in [0.29, 0.717) is 13.1 Å². The van der Waals surface area contributed by atoms with Gasteiger partial charge in [-0.3, -0.25) is 4.79 Å². The Morgan fingerprint density at radius 3 is 2.56 bits per heavy atom. The molecule has 2 N–H and O–H groups in total. The fourth-order valence-electron chi connectivity index (χ4n) is 2.90. The highest BCUT2D eigenvalue weighted by Gasteiger charge is 2.24. The standard InChI is InChI=1S/C20H22N4O2S/c1-4-21-20(26)24-12-15-7-10-17(27-3)11-18(15)19(23-24)14-5-8-16(9-6-14)22-13(2)25/h5-11H,4,12H2,1-3H3,(H,21,26)(H,22,25). The molecule has 3 rings (SSSR count). The third kappa shape index (κ3) is 4.31. The number of benzene rings is 2. The summed E-state index contributed by atoms with van der Waals surface area (Å²) in [5.74, 6) is -0.116. The maximum absolute atomic E-state index is 12.3. The highest BCUT2D eigenvalue weighted by molar-refractivity contribution is 7.98. The lowest BCUT2D eigenvalue weighted by molar-refractivity contribution is -0.114. The van der Waals surface area contributed by atoms with Gasteiger partial charge in [-0.15, -0.1) is 11.8 Å². The molecule has 0 aliphatic carbocycles. The number of carbonyl (C=O) groups excluding carboxylic acids is 2. The molecule has 0 atom stereocenters. The predicted molar refractivity (Wildman–Crippen MR) is 109 cm³/mol. The molecule has 1 heterocycles. The van der Waals surface area contributed by atoms with Crippen molar-refractivity contribution in [3.63, 3.8) is 0 Å². The SMILES string of the molecule is CCNC(=O)N1Cc2ccc(SC)cc2C(c2ccc(NC(C)=O)cc2)=N1. The zero-order chi connectivity index (χ0) is 19.4. The van der Waals surface area contributed by atoms with Gasteiger partial charge in [0, 0.05) is 35.2 Å². The molecule has 0 saturated carbocycles. The molecule has 0 unspecified atom stereocenters. The van der Waals surface area contributed by atoms with E-state index < -0.39 is 0 Å². The molecule has 0 spiro atoms. The van der Waals surface area contributed by atoms with E-state index in [1.807, 2.05) is 43.5 Å². The number of thioether (sulfide) groups is 1. The second-order valence-electron chi connectivity index (χ2n) is 6.12. The molecule has 0 bridgehead atoms. The predicted octanol–water partition coefficient (Wildman–Crippen LogP) is 3.66. The van der Waals surface area contributed by atoms with E-state index in [0.717, 1.165) is 33.0 Å². The van der Waals surface area contributed by atoms with Gasteiger partial charge in [-0.05, 0) is 43.0 Å². The Morgan fingerprint density at radius 1 is 1.19 bits per heavy atom. The van der Waals surface area contributed by atoms with Crippen molar-refractivity contribution >= 4 is 35.1 Å². The van der Waals surface area contributed by atoms with Crippen molar-refractivity contribution in [3.05, 3.63) is 59.2 Å². The second-order valence-corrected chi connectivity index (χ2v) is 7.00. The molecule has 0 saturated heterocycles. The van der Waals surface area contributed by atoms with Crippen molar-refractivity contribution in [1.82, 2.24) is 10.3 Å². The molecule has 2 aromatic carbocycles. The highest BCUT2D eigenvalue weighted by Crippen LogP contribution is 2.27. The third-order valence-corrected chi connectivity index (χ3v) is 4.88. The number of rotatable bonds is 4. The number of hydrazone groups is 1. The number of hydrogen-bond acceptors (Lipinski definition) is 4. The quantitative estimate of drug-likeness (QED) is 0.793. The van der Waals surface area contributed by atoms with Crippen LogP contribution in [-0.2, 0) is 11.3 Å². The average molecular weight is 382 g/mol. The Kier molecular flexibility index (Phi) is 5.81. The lowest BCUT2D eigenvalue weighted by atomic mass is 9.96. The smallest absolute Gasteiger partial charge is 0.337 e. The molecule has 0 fully saturated rings. The first kappa shape index (κ1) is 19.0. The number of nitrogens with zero attached hydrogens (tertiary/aromatic N) is 2. The molecule has 140 valence electrons. The first-order valence-corrected chi connectivity index (χ1v) is 9.93. The van der Waals surface area contributed by atoms with Gasteiger partial charge in [0.05, 0.1) is 12.3 Å². The largest absolute Gasteiger partial charge is 0.338 e. The molecule has 3 amide bonds. The summed E-state index contributed by atoms with van der Waals surface area (Å²) in [6.07, 6.45) is 2.03. The van der Waals surface area contributed by atoms with Gasteiger partial charge in [-0.25, -0.2) is 9.80 Å². The molecular formula is C20H22N4O2S. The van der Waals surface area contributed by atoms with Gasteiger partial charge in [0.25, 0.3) is 0 Å². The minimum Gasteiger partial charge on any atom is -0.337 e. The number of nitrogens with one attached hydrogen (secondary N) is 2. The van der Waals surface area contributed by atoms with Crippen LogP contribution in [0.3, 0.4) is 0 Å². The number of amides is 3. The molecule has 1 aliphatic heterocycles. The van der Waals surface area contributed by atoms with Gasteiger partial charge in [0.2, 0.25) is 5.91 Å². The summed E-state index contributed by atoms with van der Waals surface area (Å²) in [5, 5.41) is 11.6. The van der Waals surface area contributed by atoms with E-state index in [4.69, 9.17) is 0 Å². The third-order valence-electron chi connectivity index (χ3n) is 4.15. The highest BCUT2D eigenvalue weighted by atomic mass is 32.2. The summed E-state index contributed by atoms with van der Waals surface area (Å²) >= 11 is 1.67.